The molecule has 0 atom stereocenters. The minimum Gasteiger partial charge on any atom is -0.241 e. The average molecular weight is 146 g/mol. The molecule has 4 nitrogen and oxygen atoms in total. The van der Waals surface area contributed by atoms with Crippen LogP contribution in [0.25, 0.3) is 0 Å². The smallest absolute Gasteiger partial charge is 0.147 e. The number of quaternary nitrogens is 2. The van der Waals surface area contributed by atoms with E-state index in [1.807, 2.05) is 14.1 Å². The van der Waals surface area contributed by atoms with Gasteiger partial charge in [-0.1, -0.05) is 0 Å². The van der Waals surface area contributed by atoms with Crippen LogP contribution in [0.1, 0.15) is 0 Å². The third kappa shape index (κ3) is 1.91. The number of piperazine rings is 1. The van der Waals surface area contributed by atoms with Crippen LogP contribution < -0.4 is 11.7 Å². The average Bonchev–Trinajstić information content (AvgIpc) is 1.79. The molecule has 0 aromatic carbocycles. The van der Waals surface area contributed by atoms with Crippen molar-refractivity contribution < 1.29 is 9.18 Å². The van der Waals surface area contributed by atoms with Gasteiger partial charge in [0.25, 0.3) is 0 Å². The molecule has 1 aliphatic heterocycles. The van der Waals surface area contributed by atoms with E-state index in [-0.39, 0.29) is 0 Å². The molecule has 0 spiro atoms. The lowest BCUT2D eigenvalue weighted by Crippen LogP contribution is -2.69. The maximum Gasteiger partial charge on any atom is 0.147 e. The Morgan fingerprint density at radius 1 is 0.800 bits per heavy atom. The fourth-order valence-electron chi connectivity index (χ4n) is 1.14. The number of hydrogen-bond acceptors (Lipinski definition) is 2. The van der Waals surface area contributed by atoms with Crippen LogP contribution in [-0.4, -0.2) is 49.5 Å². The fourth-order valence-corrected chi connectivity index (χ4v) is 1.14. The Morgan fingerprint density at radius 2 is 1.00 bits per heavy atom. The summed E-state index contributed by atoms with van der Waals surface area (Å²) in [5.41, 5.74) is 0. The number of nitrogens with two attached hydrogens (primary N) is 2. The highest BCUT2D eigenvalue weighted by Gasteiger charge is 2.32. The summed E-state index contributed by atoms with van der Waals surface area (Å²) in [5, 5.41) is 0. The van der Waals surface area contributed by atoms with E-state index in [0.717, 1.165) is 26.2 Å². The van der Waals surface area contributed by atoms with E-state index in [0.29, 0.717) is 9.18 Å². The van der Waals surface area contributed by atoms with E-state index in [2.05, 4.69) is 0 Å². The van der Waals surface area contributed by atoms with Crippen molar-refractivity contribution in [3.8, 4) is 0 Å². The fraction of sp³-hybridized carbons (Fsp3) is 1.00. The van der Waals surface area contributed by atoms with Crippen LogP contribution in [0.4, 0.5) is 0 Å². The molecule has 0 aromatic heterocycles. The highest BCUT2D eigenvalue weighted by molar-refractivity contribution is 4.41. The normalized spacial score (nSPS) is 49.2. The first-order valence-electron chi connectivity index (χ1n) is 3.68. The molecule has 0 radical (unpaired) electrons. The molecule has 1 heterocycles. The second kappa shape index (κ2) is 2.17. The molecule has 0 amide bonds. The van der Waals surface area contributed by atoms with E-state index >= 15 is 0 Å². The third-order valence-corrected chi connectivity index (χ3v) is 2.24. The van der Waals surface area contributed by atoms with E-state index in [4.69, 9.17) is 11.7 Å². The van der Waals surface area contributed by atoms with E-state index < -0.39 is 0 Å². The van der Waals surface area contributed by atoms with Gasteiger partial charge in [0, 0.05) is 0 Å². The van der Waals surface area contributed by atoms with Crippen LogP contribution in [0.15, 0.2) is 0 Å². The highest BCUT2D eigenvalue weighted by atomic mass is 15.7. The van der Waals surface area contributed by atoms with Crippen LogP contribution >= 0.6 is 0 Å². The first-order valence-corrected chi connectivity index (χ1v) is 3.68. The van der Waals surface area contributed by atoms with Crippen molar-refractivity contribution in [2.24, 2.45) is 11.7 Å². The van der Waals surface area contributed by atoms with Gasteiger partial charge in [-0.05, 0) is 0 Å². The summed E-state index contributed by atoms with van der Waals surface area (Å²) in [6.07, 6.45) is 0. The summed E-state index contributed by atoms with van der Waals surface area (Å²) < 4.78 is 1.26. The Balaban J connectivity index is 2.46. The van der Waals surface area contributed by atoms with E-state index in [9.17, 15) is 0 Å². The van der Waals surface area contributed by atoms with Gasteiger partial charge in [0.15, 0.2) is 0 Å². The van der Waals surface area contributed by atoms with Gasteiger partial charge in [-0.2, -0.15) is 11.7 Å². The maximum absolute atomic E-state index is 5.87. The van der Waals surface area contributed by atoms with E-state index in [1.54, 1.807) is 0 Å². The molecule has 1 aliphatic rings. The van der Waals surface area contributed by atoms with Crippen LogP contribution in [0.5, 0.6) is 0 Å². The van der Waals surface area contributed by atoms with Crippen molar-refractivity contribution in [2.75, 3.05) is 40.3 Å². The Labute approximate surface area is 62.1 Å². The molecule has 1 fully saturated rings. The Kier molecular flexibility index (Phi) is 1.72. The Bertz CT molecular complexity index is 102. The predicted octanol–water partition coefficient (Wildman–Crippen LogP) is -1.36. The summed E-state index contributed by atoms with van der Waals surface area (Å²) in [6, 6.07) is 0. The van der Waals surface area contributed by atoms with Crippen molar-refractivity contribution in [1.29, 1.82) is 0 Å². The summed E-state index contributed by atoms with van der Waals surface area (Å²) in [4.78, 5) is 0. The van der Waals surface area contributed by atoms with Gasteiger partial charge < -0.3 is 0 Å². The number of hydrogen-bond donors (Lipinski definition) is 2. The third-order valence-electron chi connectivity index (χ3n) is 2.24. The molecular formula is C6H18N4+2. The molecule has 0 aliphatic carbocycles. The van der Waals surface area contributed by atoms with Gasteiger partial charge in [-0.15, -0.1) is 0 Å². The van der Waals surface area contributed by atoms with E-state index in [1.165, 1.54) is 0 Å². The lowest BCUT2D eigenvalue weighted by Gasteiger charge is -2.39. The minimum atomic E-state index is 0.630. The zero-order valence-electron chi connectivity index (χ0n) is 6.88. The molecule has 0 bridgehead atoms. The van der Waals surface area contributed by atoms with Gasteiger partial charge >= 0.3 is 0 Å². The molecule has 1 saturated heterocycles. The van der Waals surface area contributed by atoms with Crippen molar-refractivity contribution in [3.05, 3.63) is 0 Å². The van der Waals surface area contributed by atoms with Gasteiger partial charge in [-0.25, -0.2) is 9.18 Å². The highest BCUT2D eigenvalue weighted by Crippen LogP contribution is 2.05. The minimum absolute atomic E-state index is 0.630. The van der Waals surface area contributed by atoms with Gasteiger partial charge in [0.1, 0.15) is 26.2 Å². The molecule has 10 heavy (non-hydrogen) atoms. The quantitative estimate of drug-likeness (QED) is 0.327. The van der Waals surface area contributed by atoms with Gasteiger partial charge in [-0.3, -0.25) is 0 Å². The zero-order valence-corrected chi connectivity index (χ0v) is 6.88. The molecular weight excluding hydrogens is 128 g/mol. The number of nitrogens with zero attached hydrogens (tertiary/aromatic N) is 2. The summed E-state index contributed by atoms with van der Waals surface area (Å²) in [5.74, 6) is 11.7. The van der Waals surface area contributed by atoms with Crippen LogP contribution in [0.2, 0.25) is 0 Å². The lowest BCUT2D eigenvalue weighted by molar-refractivity contribution is -1.03. The molecule has 0 aromatic rings. The van der Waals surface area contributed by atoms with Crippen molar-refractivity contribution in [3.63, 3.8) is 0 Å². The largest absolute Gasteiger partial charge is 0.241 e. The molecule has 60 valence electrons. The van der Waals surface area contributed by atoms with Crippen LogP contribution in [-0.2, 0) is 0 Å². The molecule has 4 heteroatoms. The molecule has 0 unspecified atom stereocenters. The summed E-state index contributed by atoms with van der Waals surface area (Å²) >= 11 is 0. The van der Waals surface area contributed by atoms with Crippen molar-refractivity contribution >= 4 is 0 Å². The second-order valence-corrected chi connectivity index (χ2v) is 3.85. The lowest BCUT2D eigenvalue weighted by atomic mass is 10.3. The maximum atomic E-state index is 5.87. The van der Waals surface area contributed by atoms with Crippen molar-refractivity contribution in [1.82, 2.24) is 0 Å². The number of rotatable bonds is 0. The van der Waals surface area contributed by atoms with Gasteiger partial charge in [0.05, 0.1) is 14.1 Å². The SMILES string of the molecule is C[N+]1(N)CC[N+](C)(N)CC1. The van der Waals surface area contributed by atoms with Crippen LogP contribution in [0.3, 0.4) is 0 Å². The number of likely N-dealkylation sites (N-methyl/N-ethyl adjacent to an activating group) is 2. The van der Waals surface area contributed by atoms with Crippen molar-refractivity contribution in [2.45, 2.75) is 0 Å². The first kappa shape index (κ1) is 7.94. The molecule has 0 saturated carbocycles. The van der Waals surface area contributed by atoms with Crippen LogP contribution in [0, 0.1) is 0 Å². The van der Waals surface area contributed by atoms with Gasteiger partial charge in [0.2, 0.25) is 0 Å². The monoisotopic (exact) mass is 146 g/mol. The molecule has 4 N–H and O–H groups in total. The first-order chi connectivity index (χ1) is 4.41. The standard InChI is InChI=1S/C6H18N4/c1-9(7)3-5-10(2,8)6-4-9/h3-8H2,1-2H3/q+2. The zero-order chi connectivity index (χ0) is 7.83. The predicted molar refractivity (Wildman–Crippen MR) is 40.2 cm³/mol. The summed E-state index contributed by atoms with van der Waals surface area (Å²) in [6.45, 7) is 3.92. The summed E-state index contributed by atoms with van der Waals surface area (Å²) in [7, 11) is 4.08. The second-order valence-electron chi connectivity index (χ2n) is 3.85. The Morgan fingerprint density at radius 3 is 1.20 bits per heavy atom. The Hall–Kier alpha value is -0.160. The topological polar surface area (TPSA) is 52.0 Å². The molecule has 1 rings (SSSR count).